The smallest absolute Gasteiger partial charge is 0.435 e. The number of fused-ring (bicyclic) bond motifs is 5. The molecule has 0 amide bonds. The van der Waals surface area contributed by atoms with Gasteiger partial charge in [0.25, 0.3) is 0 Å². The van der Waals surface area contributed by atoms with Gasteiger partial charge in [-0.25, -0.2) is 9.59 Å². The Morgan fingerprint density at radius 2 is 1.39 bits per heavy atom. The van der Waals surface area contributed by atoms with E-state index < -0.39 is 24.5 Å². The van der Waals surface area contributed by atoms with Crippen molar-refractivity contribution in [1.29, 1.82) is 0 Å². The van der Waals surface area contributed by atoms with Crippen LogP contribution in [0.5, 0.6) is 0 Å². The van der Waals surface area contributed by atoms with Gasteiger partial charge in [0.15, 0.2) is 0 Å². The average Bonchev–Trinajstić information content (AvgIpc) is 2.74. The normalized spacial score (nSPS) is 23.6. The minimum atomic E-state index is -0.674. The zero-order valence-electron chi connectivity index (χ0n) is 17.5. The molecule has 0 fully saturated rings. The molecular weight excluding hydrogens is 464 g/mol. The van der Waals surface area contributed by atoms with E-state index in [2.05, 4.69) is 22.0 Å². The number of hydrogen-bond donors (Lipinski definition) is 0. The molecule has 2 aliphatic rings. The first-order valence-corrected chi connectivity index (χ1v) is 11.4. The zero-order valence-corrected chi connectivity index (χ0v) is 19.1. The highest BCUT2D eigenvalue weighted by Crippen LogP contribution is 2.55. The first kappa shape index (κ1) is 21.7. The Bertz CT molecular complexity index is 974. The van der Waals surface area contributed by atoms with Crippen molar-refractivity contribution < 1.29 is 28.5 Å². The molecule has 31 heavy (non-hydrogen) atoms. The molecular formula is C24H25BrO6. The van der Waals surface area contributed by atoms with Crippen LogP contribution in [0, 0.1) is 5.92 Å². The summed E-state index contributed by atoms with van der Waals surface area (Å²) in [7, 11) is 0. The Morgan fingerprint density at radius 1 is 0.839 bits per heavy atom. The van der Waals surface area contributed by atoms with Gasteiger partial charge in [-0.2, -0.15) is 0 Å². The van der Waals surface area contributed by atoms with Gasteiger partial charge < -0.3 is 18.9 Å². The van der Waals surface area contributed by atoms with Crippen LogP contribution in [-0.4, -0.2) is 25.5 Å². The van der Waals surface area contributed by atoms with E-state index in [1.807, 2.05) is 36.4 Å². The standard InChI is InChI=1S/C24H25BrO6/c1-3-28-23(26)30-19-12-14-13-20(31-24(27)29-4-2)17-10-7-11-18(25)22(17)21(14)16-9-6-5-8-15(16)19/h5-11,14,19-21H,3-4,12-13H2,1-2H3/t14-,19+,20-,21-/m0/s1. The van der Waals surface area contributed by atoms with Gasteiger partial charge in [-0.15, -0.1) is 0 Å². The molecule has 0 saturated heterocycles. The van der Waals surface area contributed by atoms with Crippen molar-refractivity contribution in [3.05, 3.63) is 69.2 Å². The molecule has 0 aliphatic heterocycles. The van der Waals surface area contributed by atoms with Gasteiger partial charge in [-0.3, -0.25) is 0 Å². The van der Waals surface area contributed by atoms with Crippen LogP contribution in [-0.2, 0) is 18.9 Å². The number of hydrogen-bond acceptors (Lipinski definition) is 6. The Hall–Kier alpha value is -2.54. The largest absolute Gasteiger partial charge is 0.508 e. The first-order valence-electron chi connectivity index (χ1n) is 10.6. The van der Waals surface area contributed by atoms with E-state index in [0.717, 1.165) is 26.7 Å². The Morgan fingerprint density at radius 3 is 2.00 bits per heavy atom. The summed E-state index contributed by atoms with van der Waals surface area (Å²) in [6, 6.07) is 14.0. The number of carbonyl (C=O) groups is 2. The third-order valence-electron chi connectivity index (χ3n) is 5.93. The monoisotopic (exact) mass is 488 g/mol. The molecule has 4 rings (SSSR count). The van der Waals surface area contributed by atoms with Crippen molar-refractivity contribution in [3.8, 4) is 0 Å². The third kappa shape index (κ3) is 4.28. The predicted octanol–water partition coefficient (Wildman–Crippen LogP) is 6.43. The third-order valence-corrected chi connectivity index (χ3v) is 6.62. The lowest BCUT2D eigenvalue weighted by Gasteiger charge is -2.43. The summed E-state index contributed by atoms with van der Waals surface area (Å²) >= 11 is 3.72. The fourth-order valence-corrected chi connectivity index (χ4v) is 5.45. The summed E-state index contributed by atoms with van der Waals surface area (Å²) in [5.41, 5.74) is 4.19. The molecule has 0 saturated carbocycles. The predicted molar refractivity (Wildman–Crippen MR) is 117 cm³/mol. The number of carbonyl (C=O) groups excluding carboxylic acids is 2. The summed E-state index contributed by atoms with van der Waals surface area (Å²) in [5, 5.41) is 0. The Labute approximate surface area is 190 Å². The first-order chi connectivity index (χ1) is 15.0. The summed E-state index contributed by atoms with van der Waals surface area (Å²) < 4.78 is 22.4. The maximum Gasteiger partial charge on any atom is 0.508 e. The molecule has 0 spiro atoms. The van der Waals surface area contributed by atoms with E-state index in [0.29, 0.717) is 12.8 Å². The molecule has 4 atom stereocenters. The average molecular weight is 489 g/mol. The molecule has 0 unspecified atom stereocenters. The van der Waals surface area contributed by atoms with Crippen molar-refractivity contribution in [1.82, 2.24) is 0 Å². The fourth-order valence-electron chi connectivity index (χ4n) is 4.83. The van der Waals surface area contributed by atoms with E-state index in [9.17, 15) is 9.59 Å². The summed E-state index contributed by atoms with van der Waals surface area (Å²) in [4.78, 5) is 24.2. The lowest BCUT2D eigenvalue weighted by Crippen LogP contribution is -2.34. The number of halogens is 1. The minimum absolute atomic E-state index is 0.103. The highest BCUT2D eigenvalue weighted by atomic mass is 79.9. The van der Waals surface area contributed by atoms with Crippen LogP contribution in [0.25, 0.3) is 0 Å². The number of ether oxygens (including phenoxy) is 4. The van der Waals surface area contributed by atoms with Crippen molar-refractivity contribution in [2.24, 2.45) is 5.92 Å². The van der Waals surface area contributed by atoms with E-state index >= 15 is 0 Å². The minimum Gasteiger partial charge on any atom is -0.435 e. The van der Waals surface area contributed by atoms with Crippen molar-refractivity contribution in [3.63, 3.8) is 0 Å². The van der Waals surface area contributed by atoms with Gasteiger partial charge in [0.2, 0.25) is 0 Å². The molecule has 164 valence electrons. The van der Waals surface area contributed by atoms with Crippen LogP contribution in [0.4, 0.5) is 9.59 Å². The second-order valence-corrected chi connectivity index (χ2v) is 8.51. The molecule has 2 aliphatic carbocycles. The summed E-state index contributed by atoms with van der Waals surface area (Å²) in [6.07, 6.45) is -0.955. The molecule has 6 nitrogen and oxygen atoms in total. The number of benzene rings is 2. The van der Waals surface area contributed by atoms with Crippen LogP contribution in [0.2, 0.25) is 0 Å². The van der Waals surface area contributed by atoms with Gasteiger partial charge >= 0.3 is 12.3 Å². The maximum absolute atomic E-state index is 12.1. The van der Waals surface area contributed by atoms with Crippen LogP contribution in [0.1, 0.15) is 67.1 Å². The molecule has 0 bridgehead atoms. The Kier molecular flexibility index (Phi) is 6.51. The van der Waals surface area contributed by atoms with Crippen molar-refractivity contribution >= 4 is 28.2 Å². The molecule has 0 N–H and O–H groups in total. The second kappa shape index (κ2) is 9.30. The lowest BCUT2D eigenvalue weighted by atomic mass is 9.64. The summed E-state index contributed by atoms with van der Waals surface area (Å²) in [5.74, 6) is 0.214. The molecule has 0 radical (unpaired) electrons. The van der Waals surface area contributed by atoms with Gasteiger partial charge in [0.05, 0.1) is 13.2 Å². The van der Waals surface area contributed by atoms with Crippen LogP contribution >= 0.6 is 15.9 Å². The van der Waals surface area contributed by atoms with E-state index in [1.165, 1.54) is 0 Å². The highest BCUT2D eigenvalue weighted by Gasteiger charge is 2.45. The molecule has 2 aromatic rings. The van der Waals surface area contributed by atoms with Gasteiger partial charge in [0.1, 0.15) is 12.2 Å². The van der Waals surface area contributed by atoms with Crippen molar-refractivity contribution in [2.75, 3.05) is 13.2 Å². The quantitative estimate of drug-likeness (QED) is 0.461. The molecule has 2 aromatic carbocycles. The molecule has 0 heterocycles. The van der Waals surface area contributed by atoms with E-state index in [1.54, 1.807) is 13.8 Å². The molecule has 7 heteroatoms. The topological polar surface area (TPSA) is 71.1 Å². The van der Waals surface area contributed by atoms with Gasteiger partial charge in [0, 0.05) is 10.4 Å². The maximum atomic E-state index is 12.1. The molecule has 0 aromatic heterocycles. The highest BCUT2D eigenvalue weighted by molar-refractivity contribution is 9.10. The van der Waals surface area contributed by atoms with Crippen LogP contribution in [0.15, 0.2) is 46.9 Å². The lowest BCUT2D eigenvalue weighted by molar-refractivity contribution is -0.00771. The van der Waals surface area contributed by atoms with Gasteiger partial charge in [-0.1, -0.05) is 52.3 Å². The van der Waals surface area contributed by atoms with E-state index in [-0.39, 0.29) is 25.0 Å². The SMILES string of the molecule is CCOC(=O)O[C@H]1C[C@@H]2C[C@@H](OC(=O)OCC)c3ccccc3[C@H]2c2c(Br)cccc21. The van der Waals surface area contributed by atoms with E-state index in [4.69, 9.17) is 18.9 Å². The zero-order chi connectivity index (χ0) is 22.0. The van der Waals surface area contributed by atoms with Crippen LogP contribution < -0.4 is 0 Å². The van der Waals surface area contributed by atoms with Crippen LogP contribution in [0.3, 0.4) is 0 Å². The summed E-state index contributed by atoms with van der Waals surface area (Å²) in [6.45, 7) is 4.01. The van der Waals surface area contributed by atoms with Gasteiger partial charge in [-0.05, 0) is 60.9 Å². The van der Waals surface area contributed by atoms with Crippen molar-refractivity contribution in [2.45, 2.75) is 44.8 Å². The Balaban J connectivity index is 1.75. The number of rotatable bonds is 4. The second-order valence-electron chi connectivity index (χ2n) is 7.66. The fraction of sp³-hybridized carbons (Fsp3) is 0.417.